The molecule has 0 spiro atoms. The van der Waals surface area contributed by atoms with Crippen LogP contribution in [0.4, 0.5) is 0 Å². The molecule has 0 atom stereocenters. The third-order valence-electron chi connectivity index (χ3n) is 5.94. The number of aromatic carboxylic acids is 1. The monoisotopic (exact) mass is 476 g/mol. The fourth-order valence-corrected chi connectivity index (χ4v) is 4.22. The summed E-state index contributed by atoms with van der Waals surface area (Å²) in [5, 5.41) is 9.52. The number of benzene rings is 3. The third kappa shape index (κ3) is 7.35. The lowest BCUT2D eigenvalue weighted by molar-refractivity contribution is 0.0693. The van der Waals surface area contributed by atoms with Crippen molar-refractivity contribution in [3.8, 4) is 11.5 Å². The van der Waals surface area contributed by atoms with Crippen molar-refractivity contribution < 1.29 is 19.4 Å². The van der Waals surface area contributed by atoms with Crippen molar-refractivity contribution in [3.05, 3.63) is 93.5 Å². The molecule has 4 heteroatoms. The van der Waals surface area contributed by atoms with Crippen molar-refractivity contribution in [1.29, 1.82) is 0 Å². The molecule has 188 valence electrons. The summed E-state index contributed by atoms with van der Waals surface area (Å²) >= 11 is 0. The van der Waals surface area contributed by atoms with E-state index in [2.05, 4.69) is 46.8 Å². The van der Waals surface area contributed by atoms with Gasteiger partial charge in [-0.25, -0.2) is 4.79 Å². The van der Waals surface area contributed by atoms with Crippen molar-refractivity contribution in [2.75, 3.05) is 0 Å². The zero-order valence-corrected chi connectivity index (χ0v) is 22.4. The van der Waals surface area contributed by atoms with E-state index in [9.17, 15) is 9.90 Å². The van der Waals surface area contributed by atoms with Crippen molar-refractivity contribution in [2.45, 2.75) is 80.4 Å². The van der Waals surface area contributed by atoms with Gasteiger partial charge in [-0.2, -0.15) is 0 Å². The molecule has 0 aromatic heterocycles. The Balaban J connectivity index is 0.00000210. The highest BCUT2D eigenvalue weighted by molar-refractivity contribution is 5.91. The summed E-state index contributed by atoms with van der Waals surface area (Å²) in [6.45, 7) is 17.5. The summed E-state index contributed by atoms with van der Waals surface area (Å²) in [5.74, 6) is 1.32. The molecular weight excluding hydrogens is 436 g/mol. The first-order valence-corrected chi connectivity index (χ1v) is 12.5. The smallest absolute Gasteiger partial charge is 0.336 e. The van der Waals surface area contributed by atoms with Crippen LogP contribution in [0.5, 0.6) is 11.5 Å². The SMILES string of the molecule is CC.Cc1cc(COc2cccc(OCc3cccc(C)c3C(=O)O)c2)c(C(C)C)cc1C(C)C. The Hall–Kier alpha value is -3.27. The minimum Gasteiger partial charge on any atom is -0.489 e. The lowest BCUT2D eigenvalue weighted by atomic mass is 9.88. The van der Waals surface area contributed by atoms with Gasteiger partial charge in [-0.3, -0.25) is 0 Å². The van der Waals surface area contributed by atoms with Crippen LogP contribution in [0.25, 0.3) is 0 Å². The van der Waals surface area contributed by atoms with Crippen LogP contribution in [0.15, 0.2) is 54.6 Å². The van der Waals surface area contributed by atoms with E-state index in [-0.39, 0.29) is 6.61 Å². The second-order valence-electron chi connectivity index (χ2n) is 9.18. The van der Waals surface area contributed by atoms with Gasteiger partial charge in [0.15, 0.2) is 0 Å². The number of hydrogen-bond donors (Lipinski definition) is 1. The molecule has 4 nitrogen and oxygen atoms in total. The molecule has 3 aromatic carbocycles. The summed E-state index contributed by atoms with van der Waals surface area (Å²) in [5.41, 5.74) is 6.86. The van der Waals surface area contributed by atoms with Crippen LogP contribution in [0.1, 0.15) is 97.1 Å². The topological polar surface area (TPSA) is 55.8 Å². The van der Waals surface area contributed by atoms with E-state index < -0.39 is 5.97 Å². The minimum absolute atomic E-state index is 0.181. The Labute approximate surface area is 210 Å². The molecule has 0 heterocycles. The number of ether oxygens (including phenoxy) is 2. The van der Waals surface area contributed by atoms with Gasteiger partial charge in [0, 0.05) is 11.6 Å². The molecule has 0 saturated heterocycles. The summed E-state index contributed by atoms with van der Waals surface area (Å²) < 4.78 is 12.0. The van der Waals surface area contributed by atoms with Gasteiger partial charge in [0.2, 0.25) is 0 Å². The molecule has 0 bridgehead atoms. The predicted molar refractivity (Wildman–Crippen MR) is 144 cm³/mol. The molecule has 35 heavy (non-hydrogen) atoms. The molecule has 0 aliphatic carbocycles. The zero-order valence-electron chi connectivity index (χ0n) is 22.4. The lowest BCUT2D eigenvalue weighted by Gasteiger charge is -2.19. The largest absolute Gasteiger partial charge is 0.489 e. The van der Waals surface area contributed by atoms with Gasteiger partial charge in [0.05, 0.1) is 5.56 Å². The van der Waals surface area contributed by atoms with Crippen molar-refractivity contribution in [3.63, 3.8) is 0 Å². The summed E-state index contributed by atoms with van der Waals surface area (Å²) in [6.07, 6.45) is 0. The van der Waals surface area contributed by atoms with Crippen molar-refractivity contribution in [1.82, 2.24) is 0 Å². The maximum absolute atomic E-state index is 11.6. The quantitative estimate of drug-likeness (QED) is 0.337. The number of rotatable bonds is 9. The average molecular weight is 477 g/mol. The Morgan fingerprint density at radius 2 is 1.29 bits per heavy atom. The van der Waals surface area contributed by atoms with Crippen LogP contribution in [0, 0.1) is 13.8 Å². The van der Waals surface area contributed by atoms with E-state index in [4.69, 9.17) is 9.47 Å². The highest BCUT2D eigenvalue weighted by Gasteiger charge is 2.15. The molecule has 0 aliphatic rings. The van der Waals surface area contributed by atoms with E-state index in [0.29, 0.717) is 35.3 Å². The van der Waals surface area contributed by atoms with Crippen molar-refractivity contribution in [2.24, 2.45) is 0 Å². The Bertz CT molecular complexity index is 1130. The van der Waals surface area contributed by atoms with Crippen LogP contribution in [0.2, 0.25) is 0 Å². The van der Waals surface area contributed by atoms with Crippen LogP contribution < -0.4 is 9.47 Å². The van der Waals surface area contributed by atoms with E-state index in [0.717, 1.165) is 11.3 Å². The van der Waals surface area contributed by atoms with E-state index in [1.54, 1.807) is 19.1 Å². The first-order valence-electron chi connectivity index (χ1n) is 12.5. The molecule has 3 aromatic rings. The number of carboxylic acids is 1. The summed E-state index contributed by atoms with van der Waals surface area (Å²) in [6, 6.07) is 17.5. The van der Waals surface area contributed by atoms with Gasteiger partial charge >= 0.3 is 5.97 Å². The molecule has 0 aliphatic heterocycles. The number of hydrogen-bond acceptors (Lipinski definition) is 3. The van der Waals surface area contributed by atoms with Crippen LogP contribution in [-0.2, 0) is 13.2 Å². The lowest BCUT2D eigenvalue weighted by Crippen LogP contribution is -2.08. The summed E-state index contributed by atoms with van der Waals surface area (Å²) in [4.78, 5) is 11.6. The Morgan fingerprint density at radius 1 is 0.743 bits per heavy atom. The zero-order chi connectivity index (χ0) is 26.1. The van der Waals surface area contributed by atoms with Crippen molar-refractivity contribution >= 4 is 5.97 Å². The second-order valence-corrected chi connectivity index (χ2v) is 9.18. The van der Waals surface area contributed by atoms with E-state index >= 15 is 0 Å². The number of carbonyl (C=O) groups is 1. The first-order chi connectivity index (χ1) is 16.7. The first kappa shape index (κ1) is 28.0. The second kappa shape index (κ2) is 13.0. The van der Waals surface area contributed by atoms with Crippen LogP contribution in [0.3, 0.4) is 0 Å². The van der Waals surface area contributed by atoms with Crippen LogP contribution in [-0.4, -0.2) is 11.1 Å². The standard InChI is InChI=1S/C29H34O4.C2H6/c1-18(2)26-15-27(19(3)4)23(13-21(26)6)17-33-25-12-8-11-24(14-25)32-16-22-10-7-9-20(5)28(22)29(30)31;1-2/h7-15,18-19H,16-17H2,1-6H3,(H,30,31);1-2H3. The van der Waals surface area contributed by atoms with E-state index in [1.807, 2.05) is 44.2 Å². The number of carboxylic acid groups (broad SMARTS) is 1. The molecule has 0 fully saturated rings. The molecule has 0 radical (unpaired) electrons. The maximum Gasteiger partial charge on any atom is 0.336 e. The Morgan fingerprint density at radius 3 is 1.83 bits per heavy atom. The maximum atomic E-state index is 11.6. The molecule has 0 amide bonds. The number of aryl methyl sites for hydroxylation is 2. The van der Waals surface area contributed by atoms with Gasteiger partial charge in [-0.15, -0.1) is 0 Å². The van der Waals surface area contributed by atoms with E-state index in [1.165, 1.54) is 22.3 Å². The third-order valence-corrected chi connectivity index (χ3v) is 5.94. The minimum atomic E-state index is -0.941. The highest BCUT2D eigenvalue weighted by atomic mass is 16.5. The molecule has 1 N–H and O–H groups in total. The predicted octanol–water partition coefficient (Wildman–Crippen LogP) is 8.43. The highest BCUT2D eigenvalue weighted by Crippen LogP contribution is 2.29. The van der Waals surface area contributed by atoms with Gasteiger partial charge in [0.25, 0.3) is 0 Å². The fraction of sp³-hybridized carbons (Fsp3) is 0.387. The molecule has 3 rings (SSSR count). The van der Waals surface area contributed by atoms with Gasteiger partial charge < -0.3 is 14.6 Å². The summed E-state index contributed by atoms with van der Waals surface area (Å²) in [7, 11) is 0. The Kier molecular flexibility index (Phi) is 10.4. The average Bonchev–Trinajstić information content (AvgIpc) is 2.82. The van der Waals surface area contributed by atoms with Gasteiger partial charge in [-0.05, 0) is 65.6 Å². The van der Waals surface area contributed by atoms with Crippen LogP contribution >= 0.6 is 0 Å². The molecule has 0 saturated carbocycles. The molecule has 0 unspecified atom stereocenters. The fourth-order valence-electron chi connectivity index (χ4n) is 4.22. The van der Waals surface area contributed by atoms with Gasteiger partial charge in [0.1, 0.15) is 24.7 Å². The molecular formula is C31H40O4. The van der Waals surface area contributed by atoms with Gasteiger partial charge in [-0.1, -0.05) is 77.9 Å². The normalized spacial score (nSPS) is 10.7.